The van der Waals surface area contributed by atoms with Gasteiger partial charge < -0.3 is 24.8 Å². The van der Waals surface area contributed by atoms with Gasteiger partial charge in [0.1, 0.15) is 36.9 Å². The smallest absolute Gasteiger partial charge is 0.163 e. The number of fused-ring (bicyclic) bond motifs is 1. The molecule has 3 aromatic rings. The lowest BCUT2D eigenvalue weighted by Gasteiger charge is -2.19. The van der Waals surface area contributed by atoms with Crippen molar-refractivity contribution in [3.05, 3.63) is 54.9 Å². The summed E-state index contributed by atoms with van der Waals surface area (Å²) in [6.07, 6.45) is 1.50. The molecule has 0 aliphatic carbocycles. The lowest BCUT2D eigenvalue weighted by Crippen LogP contribution is -2.15. The standard InChI is InChI=1S/C19H18N4O3/c1-24-15-4-2-3-13(9-15)22-18-11-19(21-12-20-18)23-14-5-6-16-17(10-14)26-8-7-25-16/h2-6,9-12H,7-8H2,1H3,(H2,20,21,22,23). The number of anilines is 4. The number of rotatable bonds is 5. The van der Waals surface area contributed by atoms with Crippen molar-refractivity contribution in [2.45, 2.75) is 0 Å². The predicted octanol–water partition coefficient (Wildman–Crippen LogP) is 3.74. The van der Waals surface area contributed by atoms with Crippen LogP contribution in [0, 0.1) is 0 Å². The van der Waals surface area contributed by atoms with Crippen LogP contribution in [0.3, 0.4) is 0 Å². The van der Waals surface area contributed by atoms with Gasteiger partial charge in [-0.25, -0.2) is 9.97 Å². The van der Waals surface area contributed by atoms with Gasteiger partial charge >= 0.3 is 0 Å². The first-order valence-corrected chi connectivity index (χ1v) is 8.20. The Hall–Kier alpha value is -3.48. The van der Waals surface area contributed by atoms with E-state index in [0.29, 0.717) is 24.8 Å². The summed E-state index contributed by atoms with van der Waals surface area (Å²) in [4.78, 5) is 8.52. The molecule has 0 radical (unpaired) electrons. The fourth-order valence-electron chi connectivity index (χ4n) is 2.61. The minimum atomic E-state index is 0.554. The van der Waals surface area contributed by atoms with Gasteiger partial charge in [0.25, 0.3) is 0 Å². The van der Waals surface area contributed by atoms with Crippen molar-refractivity contribution in [3.8, 4) is 17.2 Å². The van der Waals surface area contributed by atoms with Crippen molar-refractivity contribution in [3.63, 3.8) is 0 Å². The minimum Gasteiger partial charge on any atom is -0.497 e. The quantitative estimate of drug-likeness (QED) is 0.726. The molecule has 0 bridgehead atoms. The molecule has 0 atom stereocenters. The maximum Gasteiger partial charge on any atom is 0.163 e. The zero-order chi connectivity index (χ0) is 17.8. The van der Waals surface area contributed by atoms with Crippen molar-refractivity contribution >= 4 is 23.0 Å². The molecule has 2 N–H and O–H groups in total. The number of nitrogens with one attached hydrogen (secondary N) is 2. The molecule has 1 aromatic heterocycles. The maximum absolute atomic E-state index is 5.60. The van der Waals surface area contributed by atoms with Crippen LogP contribution in [-0.2, 0) is 0 Å². The van der Waals surface area contributed by atoms with E-state index in [2.05, 4.69) is 20.6 Å². The van der Waals surface area contributed by atoms with Crippen LogP contribution in [0.4, 0.5) is 23.0 Å². The Bertz CT molecular complexity index is 917. The third-order valence-corrected chi connectivity index (χ3v) is 3.82. The summed E-state index contributed by atoms with van der Waals surface area (Å²) in [7, 11) is 1.64. The van der Waals surface area contributed by atoms with Gasteiger partial charge in [0, 0.05) is 29.6 Å². The largest absolute Gasteiger partial charge is 0.497 e. The highest BCUT2D eigenvalue weighted by Crippen LogP contribution is 2.33. The Morgan fingerprint density at radius 2 is 1.58 bits per heavy atom. The average molecular weight is 350 g/mol. The summed E-state index contributed by atoms with van der Waals surface area (Å²) in [5.74, 6) is 3.60. The first-order chi connectivity index (χ1) is 12.8. The highest BCUT2D eigenvalue weighted by molar-refractivity contribution is 5.65. The summed E-state index contributed by atoms with van der Waals surface area (Å²) in [5.41, 5.74) is 1.74. The third-order valence-electron chi connectivity index (χ3n) is 3.82. The summed E-state index contributed by atoms with van der Waals surface area (Å²) >= 11 is 0. The van der Waals surface area contributed by atoms with Gasteiger partial charge in [-0.2, -0.15) is 0 Å². The number of benzene rings is 2. The molecule has 2 aromatic carbocycles. The van der Waals surface area contributed by atoms with E-state index in [1.165, 1.54) is 6.33 Å². The Morgan fingerprint density at radius 1 is 0.846 bits per heavy atom. The normalized spacial score (nSPS) is 12.3. The van der Waals surface area contributed by atoms with Gasteiger partial charge in [0.2, 0.25) is 0 Å². The Morgan fingerprint density at radius 3 is 2.35 bits per heavy atom. The van der Waals surface area contributed by atoms with E-state index in [9.17, 15) is 0 Å². The molecule has 7 nitrogen and oxygen atoms in total. The van der Waals surface area contributed by atoms with E-state index >= 15 is 0 Å². The molecular weight excluding hydrogens is 332 g/mol. The molecule has 0 amide bonds. The van der Waals surface area contributed by atoms with Crippen molar-refractivity contribution in [1.29, 1.82) is 0 Å². The number of aromatic nitrogens is 2. The molecule has 26 heavy (non-hydrogen) atoms. The lowest BCUT2D eigenvalue weighted by molar-refractivity contribution is 0.171. The van der Waals surface area contributed by atoms with Crippen molar-refractivity contribution in [2.75, 3.05) is 31.0 Å². The lowest BCUT2D eigenvalue weighted by atomic mass is 10.2. The number of methoxy groups -OCH3 is 1. The van der Waals surface area contributed by atoms with E-state index in [4.69, 9.17) is 14.2 Å². The van der Waals surface area contributed by atoms with Crippen molar-refractivity contribution in [1.82, 2.24) is 9.97 Å². The van der Waals surface area contributed by atoms with Crippen molar-refractivity contribution < 1.29 is 14.2 Å². The van der Waals surface area contributed by atoms with Crippen LogP contribution < -0.4 is 24.8 Å². The number of ether oxygens (including phenoxy) is 3. The van der Waals surface area contributed by atoms with E-state index in [1.807, 2.05) is 48.5 Å². The first-order valence-electron chi connectivity index (χ1n) is 8.20. The summed E-state index contributed by atoms with van der Waals surface area (Å²) < 4.78 is 16.4. The molecular formula is C19H18N4O3. The van der Waals surface area contributed by atoms with Crippen LogP contribution in [0.1, 0.15) is 0 Å². The molecule has 0 saturated heterocycles. The highest BCUT2D eigenvalue weighted by Gasteiger charge is 2.12. The molecule has 0 fully saturated rings. The molecule has 1 aliphatic rings. The molecule has 1 aliphatic heterocycles. The summed E-state index contributed by atoms with van der Waals surface area (Å²) in [6.45, 7) is 1.13. The van der Waals surface area contributed by atoms with Gasteiger partial charge in [0.05, 0.1) is 7.11 Å². The van der Waals surface area contributed by atoms with E-state index in [0.717, 1.165) is 28.6 Å². The second-order valence-corrected chi connectivity index (χ2v) is 5.63. The third kappa shape index (κ3) is 3.61. The first kappa shape index (κ1) is 16.0. The Balaban J connectivity index is 1.50. The predicted molar refractivity (Wildman–Crippen MR) is 99.0 cm³/mol. The average Bonchev–Trinajstić information content (AvgIpc) is 2.68. The van der Waals surface area contributed by atoms with Crippen LogP contribution in [0.25, 0.3) is 0 Å². The topological polar surface area (TPSA) is 77.5 Å². The summed E-state index contributed by atoms with van der Waals surface area (Å²) in [6, 6.07) is 15.2. The second-order valence-electron chi connectivity index (χ2n) is 5.63. The molecule has 0 saturated carbocycles. The van der Waals surface area contributed by atoms with Crippen LogP contribution in [0.5, 0.6) is 17.2 Å². The van der Waals surface area contributed by atoms with Crippen LogP contribution in [-0.4, -0.2) is 30.3 Å². The van der Waals surface area contributed by atoms with Gasteiger partial charge in [-0.1, -0.05) is 6.07 Å². The molecule has 0 unspecified atom stereocenters. The monoisotopic (exact) mass is 350 g/mol. The molecule has 7 heteroatoms. The van der Waals surface area contributed by atoms with Crippen LogP contribution >= 0.6 is 0 Å². The van der Waals surface area contributed by atoms with E-state index < -0.39 is 0 Å². The van der Waals surface area contributed by atoms with Crippen molar-refractivity contribution in [2.24, 2.45) is 0 Å². The SMILES string of the molecule is COc1cccc(Nc2cc(Nc3ccc4c(c3)OCCO4)ncn2)c1. The van der Waals surface area contributed by atoms with Crippen LogP contribution in [0.15, 0.2) is 54.9 Å². The van der Waals surface area contributed by atoms with Gasteiger partial charge in [-0.15, -0.1) is 0 Å². The molecule has 2 heterocycles. The molecule has 0 spiro atoms. The van der Waals surface area contributed by atoms with Gasteiger partial charge in [-0.05, 0) is 24.3 Å². The summed E-state index contributed by atoms with van der Waals surface area (Å²) in [5, 5.41) is 6.49. The molecule has 4 rings (SSSR count). The molecule has 132 valence electrons. The Labute approximate surface area is 151 Å². The fraction of sp³-hybridized carbons (Fsp3) is 0.158. The fourth-order valence-corrected chi connectivity index (χ4v) is 2.61. The van der Waals surface area contributed by atoms with E-state index in [-0.39, 0.29) is 0 Å². The second kappa shape index (κ2) is 7.18. The van der Waals surface area contributed by atoms with E-state index in [1.54, 1.807) is 7.11 Å². The number of hydrogen-bond donors (Lipinski definition) is 2. The van der Waals surface area contributed by atoms with Gasteiger partial charge in [0.15, 0.2) is 11.5 Å². The zero-order valence-electron chi connectivity index (χ0n) is 14.2. The van der Waals surface area contributed by atoms with Crippen LogP contribution in [0.2, 0.25) is 0 Å². The number of hydrogen-bond acceptors (Lipinski definition) is 7. The van der Waals surface area contributed by atoms with Gasteiger partial charge in [-0.3, -0.25) is 0 Å². The minimum absolute atomic E-state index is 0.554. The maximum atomic E-state index is 5.60. The number of nitrogens with zero attached hydrogens (tertiary/aromatic N) is 2. The Kier molecular flexibility index (Phi) is 4.42. The highest BCUT2D eigenvalue weighted by atomic mass is 16.6. The zero-order valence-corrected chi connectivity index (χ0v) is 14.2.